The topological polar surface area (TPSA) is 77.0 Å². The van der Waals surface area contributed by atoms with Crippen molar-refractivity contribution in [2.75, 3.05) is 5.32 Å². The number of nitrogens with zero attached hydrogens (tertiary/aromatic N) is 3. The predicted octanol–water partition coefficient (Wildman–Crippen LogP) is 2.92. The van der Waals surface area contributed by atoms with Gasteiger partial charge in [0.25, 0.3) is 5.91 Å². The Bertz CT molecular complexity index is 763. The van der Waals surface area contributed by atoms with Crippen LogP contribution in [-0.2, 0) is 0 Å². The van der Waals surface area contributed by atoms with E-state index in [4.69, 9.17) is 4.74 Å². The van der Waals surface area contributed by atoms with Crippen molar-refractivity contribution in [1.29, 1.82) is 0 Å². The van der Waals surface area contributed by atoms with Gasteiger partial charge < -0.3 is 10.1 Å². The Morgan fingerprint density at radius 2 is 1.95 bits per heavy atom. The van der Waals surface area contributed by atoms with E-state index in [1.807, 2.05) is 6.07 Å². The molecule has 0 radical (unpaired) electrons. The van der Waals surface area contributed by atoms with Crippen LogP contribution in [0.5, 0.6) is 11.6 Å². The van der Waals surface area contributed by atoms with Crippen LogP contribution in [-0.4, -0.2) is 20.9 Å². The summed E-state index contributed by atoms with van der Waals surface area (Å²) in [6.07, 6.45) is 6.17. The number of nitrogens with one attached hydrogen (secondary N) is 1. The molecule has 0 saturated carbocycles. The van der Waals surface area contributed by atoms with Gasteiger partial charge in [0.05, 0.1) is 6.20 Å². The summed E-state index contributed by atoms with van der Waals surface area (Å²) in [5.41, 5.74) is 0.457. The second-order valence-electron chi connectivity index (χ2n) is 4.34. The molecule has 0 fully saturated rings. The summed E-state index contributed by atoms with van der Waals surface area (Å²) in [4.78, 5) is 24.1. The highest BCUT2D eigenvalue weighted by Crippen LogP contribution is 2.20. The Hall–Kier alpha value is -3.28. The Morgan fingerprint density at radius 3 is 2.73 bits per heavy atom. The van der Waals surface area contributed by atoms with Crippen LogP contribution >= 0.6 is 0 Å². The lowest BCUT2D eigenvalue weighted by Gasteiger charge is -2.07. The summed E-state index contributed by atoms with van der Waals surface area (Å²) < 4.78 is 5.60. The molecular weight excluding hydrogens is 280 g/mol. The molecule has 0 bridgehead atoms. The third-order valence-electron chi connectivity index (χ3n) is 2.76. The van der Waals surface area contributed by atoms with Crippen molar-refractivity contribution < 1.29 is 9.53 Å². The third-order valence-corrected chi connectivity index (χ3v) is 2.76. The van der Waals surface area contributed by atoms with Gasteiger partial charge in [-0.2, -0.15) is 0 Å². The van der Waals surface area contributed by atoms with Gasteiger partial charge in [-0.1, -0.05) is 12.1 Å². The van der Waals surface area contributed by atoms with Crippen LogP contribution in [0.25, 0.3) is 0 Å². The first-order chi connectivity index (χ1) is 10.8. The minimum absolute atomic E-state index is 0.285. The van der Waals surface area contributed by atoms with Gasteiger partial charge in [-0.3, -0.25) is 9.78 Å². The average Bonchev–Trinajstić information content (AvgIpc) is 2.57. The Kier molecular flexibility index (Phi) is 4.01. The molecule has 0 spiro atoms. The number of benzene rings is 1. The molecule has 0 aliphatic heterocycles. The Balaban J connectivity index is 1.75. The molecule has 108 valence electrons. The lowest BCUT2D eigenvalue weighted by molar-refractivity contribution is 0.102. The monoisotopic (exact) mass is 292 g/mol. The Morgan fingerprint density at radius 1 is 1.00 bits per heavy atom. The predicted molar refractivity (Wildman–Crippen MR) is 80.7 cm³/mol. The van der Waals surface area contributed by atoms with Crippen molar-refractivity contribution in [3.63, 3.8) is 0 Å². The number of hydrogen-bond donors (Lipinski definition) is 1. The summed E-state index contributed by atoms with van der Waals surface area (Å²) in [6, 6.07) is 12.2. The summed E-state index contributed by atoms with van der Waals surface area (Å²) in [5, 5.41) is 2.67. The molecule has 2 aromatic heterocycles. The van der Waals surface area contributed by atoms with Crippen LogP contribution < -0.4 is 10.1 Å². The van der Waals surface area contributed by atoms with Gasteiger partial charge in [-0.15, -0.1) is 0 Å². The van der Waals surface area contributed by atoms with E-state index in [1.54, 1.807) is 42.6 Å². The van der Waals surface area contributed by atoms with E-state index in [-0.39, 0.29) is 5.91 Å². The van der Waals surface area contributed by atoms with Gasteiger partial charge in [0.15, 0.2) is 5.82 Å². The van der Waals surface area contributed by atoms with Crippen LogP contribution in [0.3, 0.4) is 0 Å². The van der Waals surface area contributed by atoms with Crippen LogP contribution in [0.1, 0.15) is 10.4 Å². The molecule has 1 N–H and O–H groups in total. The highest BCUT2D eigenvalue weighted by Gasteiger charge is 2.08. The van der Waals surface area contributed by atoms with Crippen LogP contribution in [0.15, 0.2) is 67.3 Å². The van der Waals surface area contributed by atoms with Crippen LogP contribution in [0.2, 0.25) is 0 Å². The van der Waals surface area contributed by atoms with E-state index in [0.29, 0.717) is 23.0 Å². The summed E-state index contributed by atoms with van der Waals surface area (Å²) in [5.74, 6) is 1.11. The number of carbonyl (C=O) groups is 1. The maximum atomic E-state index is 12.2. The third kappa shape index (κ3) is 3.43. The molecule has 1 amide bonds. The van der Waals surface area contributed by atoms with E-state index in [2.05, 4.69) is 20.3 Å². The van der Waals surface area contributed by atoms with E-state index < -0.39 is 0 Å². The fourth-order valence-corrected chi connectivity index (χ4v) is 1.78. The molecule has 3 aromatic rings. The smallest absolute Gasteiger partial charge is 0.256 e. The zero-order valence-corrected chi connectivity index (χ0v) is 11.5. The number of carbonyl (C=O) groups excluding carboxylic acids is 1. The first-order valence-electron chi connectivity index (χ1n) is 6.57. The SMILES string of the molecule is O=C(Nc1cnccn1)c1cccc(Oc2ccccn2)c1. The number of ether oxygens (including phenoxy) is 1. The standard InChI is InChI=1S/C16H12N4O2/c21-16(20-14-11-17-8-9-18-14)12-4-3-5-13(10-12)22-15-6-1-2-7-19-15/h1-11H,(H,18,20,21). The zero-order chi connectivity index (χ0) is 15.2. The largest absolute Gasteiger partial charge is 0.439 e. The lowest BCUT2D eigenvalue weighted by atomic mass is 10.2. The summed E-state index contributed by atoms with van der Waals surface area (Å²) in [7, 11) is 0. The summed E-state index contributed by atoms with van der Waals surface area (Å²) in [6.45, 7) is 0. The molecule has 2 heterocycles. The first kappa shape index (κ1) is 13.7. The van der Waals surface area contributed by atoms with Crippen molar-refractivity contribution >= 4 is 11.7 Å². The van der Waals surface area contributed by atoms with Gasteiger partial charge in [-0.25, -0.2) is 9.97 Å². The highest BCUT2D eigenvalue weighted by atomic mass is 16.5. The molecule has 6 heteroatoms. The van der Waals surface area contributed by atoms with Crippen molar-refractivity contribution in [3.8, 4) is 11.6 Å². The molecule has 0 aliphatic carbocycles. The number of anilines is 1. The average molecular weight is 292 g/mol. The minimum Gasteiger partial charge on any atom is -0.439 e. The molecule has 3 rings (SSSR count). The van der Waals surface area contributed by atoms with Crippen molar-refractivity contribution in [2.45, 2.75) is 0 Å². The molecule has 0 saturated heterocycles. The summed E-state index contributed by atoms with van der Waals surface area (Å²) >= 11 is 0. The fourth-order valence-electron chi connectivity index (χ4n) is 1.78. The zero-order valence-electron chi connectivity index (χ0n) is 11.5. The van der Waals surface area contributed by atoms with Crippen molar-refractivity contribution in [3.05, 3.63) is 72.8 Å². The quantitative estimate of drug-likeness (QED) is 0.800. The van der Waals surface area contributed by atoms with Gasteiger partial charge in [0.1, 0.15) is 5.75 Å². The minimum atomic E-state index is -0.285. The highest BCUT2D eigenvalue weighted by molar-refractivity contribution is 6.03. The number of amides is 1. The normalized spacial score (nSPS) is 10.0. The maximum Gasteiger partial charge on any atom is 0.256 e. The van der Waals surface area contributed by atoms with E-state index in [0.717, 1.165) is 0 Å². The first-order valence-corrected chi connectivity index (χ1v) is 6.57. The molecule has 22 heavy (non-hydrogen) atoms. The van der Waals surface area contributed by atoms with E-state index in [9.17, 15) is 4.79 Å². The van der Waals surface area contributed by atoms with Gasteiger partial charge in [0.2, 0.25) is 5.88 Å². The van der Waals surface area contributed by atoms with Gasteiger partial charge in [0, 0.05) is 30.2 Å². The van der Waals surface area contributed by atoms with Crippen molar-refractivity contribution in [1.82, 2.24) is 15.0 Å². The van der Waals surface area contributed by atoms with Crippen LogP contribution in [0.4, 0.5) is 5.82 Å². The number of rotatable bonds is 4. The lowest BCUT2D eigenvalue weighted by Crippen LogP contribution is -2.13. The fraction of sp³-hybridized carbons (Fsp3) is 0. The Labute approximate surface area is 126 Å². The number of hydrogen-bond acceptors (Lipinski definition) is 5. The van der Waals surface area contributed by atoms with Crippen LogP contribution in [0, 0.1) is 0 Å². The second-order valence-corrected chi connectivity index (χ2v) is 4.34. The molecular formula is C16H12N4O2. The number of pyridine rings is 1. The van der Waals surface area contributed by atoms with Crippen molar-refractivity contribution in [2.24, 2.45) is 0 Å². The van der Waals surface area contributed by atoms with Gasteiger partial charge >= 0.3 is 0 Å². The van der Waals surface area contributed by atoms with E-state index in [1.165, 1.54) is 18.6 Å². The molecule has 0 unspecified atom stereocenters. The van der Waals surface area contributed by atoms with E-state index >= 15 is 0 Å². The molecule has 1 aromatic carbocycles. The van der Waals surface area contributed by atoms with Gasteiger partial charge in [-0.05, 0) is 24.3 Å². The molecule has 0 aliphatic rings. The second kappa shape index (κ2) is 6.45. The molecule has 0 atom stereocenters. The number of aromatic nitrogens is 3. The molecule has 6 nitrogen and oxygen atoms in total. The maximum absolute atomic E-state index is 12.2.